The molecule has 9 heteroatoms. The van der Waals surface area contributed by atoms with Gasteiger partial charge in [-0.3, -0.25) is 4.79 Å². The van der Waals surface area contributed by atoms with Gasteiger partial charge in [0.25, 0.3) is 10.0 Å². The first-order valence-electron chi connectivity index (χ1n) is 11.8. The Kier molecular flexibility index (Phi) is 8.48. The highest BCUT2D eigenvalue weighted by Crippen LogP contribution is 2.23. The zero-order chi connectivity index (χ0) is 27.0. The highest BCUT2D eigenvalue weighted by molar-refractivity contribution is 7.89. The maximum absolute atomic E-state index is 13.5. The quantitative estimate of drug-likeness (QED) is 0.295. The third-order valence-electron chi connectivity index (χ3n) is 5.61. The van der Waals surface area contributed by atoms with Gasteiger partial charge in [-0.2, -0.15) is 4.31 Å². The van der Waals surface area contributed by atoms with Crippen LogP contribution in [0, 0.1) is 11.8 Å². The minimum Gasteiger partial charge on any atom is -0.480 e. The Morgan fingerprint density at radius 2 is 1.63 bits per heavy atom. The summed E-state index contributed by atoms with van der Waals surface area (Å²) < 4.78 is 28.4. The molecule has 0 aliphatic rings. The van der Waals surface area contributed by atoms with Crippen molar-refractivity contribution < 1.29 is 18.3 Å². The molecule has 8 nitrogen and oxygen atoms in total. The first-order valence-corrected chi connectivity index (χ1v) is 13.2. The Balaban J connectivity index is 1.59. The smallest absolute Gasteiger partial charge is 0.322 e. The minimum absolute atomic E-state index is 0.0246. The molecular weight excluding hydrogens is 500 g/mol. The Morgan fingerprint density at radius 1 is 0.921 bits per heavy atom. The van der Waals surface area contributed by atoms with Crippen LogP contribution in [-0.4, -0.2) is 40.3 Å². The Labute approximate surface area is 222 Å². The summed E-state index contributed by atoms with van der Waals surface area (Å²) in [5.41, 5.74) is 4.24. The number of rotatable bonds is 10. The largest absolute Gasteiger partial charge is 0.480 e. The third kappa shape index (κ3) is 6.82. The van der Waals surface area contributed by atoms with Crippen molar-refractivity contribution in [3.05, 3.63) is 108 Å². The Bertz CT molecular complexity index is 1560. The van der Waals surface area contributed by atoms with Crippen molar-refractivity contribution in [1.29, 1.82) is 0 Å². The number of sulfonamides is 1. The summed E-state index contributed by atoms with van der Waals surface area (Å²) in [4.78, 5) is 19.3. The zero-order valence-corrected chi connectivity index (χ0v) is 21.5. The van der Waals surface area contributed by atoms with Crippen molar-refractivity contribution in [3.8, 4) is 23.0 Å². The number of carbonyl (C=O) groups is 1. The van der Waals surface area contributed by atoms with Crippen LogP contribution < -0.4 is 5.32 Å². The van der Waals surface area contributed by atoms with Crippen molar-refractivity contribution in [2.24, 2.45) is 0 Å². The van der Waals surface area contributed by atoms with Gasteiger partial charge in [0.1, 0.15) is 12.4 Å². The van der Waals surface area contributed by atoms with Gasteiger partial charge < -0.3 is 10.4 Å². The van der Waals surface area contributed by atoms with Gasteiger partial charge in [-0.05, 0) is 60.0 Å². The van der Waals surface area contributed by atoms with Gasteiger partial charge in [0, 0.05) is 18.3 Å². The van der Waals surface area contributed by atoms with Crippen LogP contribution in [-0.2, 0) is 27.9 Å². The van der Waals surface area contributed by atoms with E-state index in [-0.39, 0.29) is 24.7 Å². The van der Waals surface area contributed by atoms with Gasteiger partial charge >= 0.3 is 5.97 Å². The molecule has 4 aromatic rings. The summed E-state index contributed by atoms with van der Waals surface area (Å²) in [5.74, 6) is 5.24. The summed E-state index contributed by atoms with van der Waals surface area (Å²) in [7, 11) is -3.95. The molecular formula is C29H26N4O4S. The summed E-state index contributed by atoms with van der Waals surface area (Å²) in [5, 5.41) is 11.6. The number of aromatic nitrogens is 2. The van der Waals surface area contributed by atoms with Gasteiger partial charge in [0.15, 0.2) is 5.03 Å². The van der Waals surface area contributed by atoms with Crippen LogP contribution in [0.25, 0.3) is 11.1 Å². The average Bonchev–Trinajstić information content (AvgIpc) is 2.93. The molecule has 2 heterocycles. The Hall–Kier alpha value is -4.52. The van der Waals surface area contributed by atoms with E-state index < -0.39 is 16.0 Å². The summed E-state index contributed by atoms with van der Waals surface area (Å²) >= 11 is 0. The van der Waals surface area contributed by atoms with Crippen LogP contribution in [0.3, 0.4) is 0 Å². The SMILES string of the molecule is CC#Cc1ccc(-c2ccc(CN(Cc3cccc(NCC(=O)O)n3)S(=O)(=O)c3ccccn3)cc2)cc1. The van der Waals surface area contributed by atoms with Gasteiger partial charge in [0.05, 0.1) is 12.2 Å². The van der Waals surface area contributed by atoms with E-state index in [2.05, 4.69) is 27.1 Å². The Morgan fingerprint density at radius 3 is 2.26 bits per heavy atom. The molecule has 0 aliphatic heterocycles. The van der Waals surface area contributed by atoms with Crippen LogP contribution in [0.5, 0.6) is 0 Å². The normalized spacial score (nSPS) is 11.0. The third-order valence-corrected chi connectivity index (χ3v) is 7.32. The van der Waals surface area contributed by atoms with E-state index in [1.807, 2.05) is 48.5 Å². The number of benzene rings is 2. The lowest BCUT2D eigenvalue weighted by Crippen LogP contribution is -2.31. The predicted molar refractivity (Wildman–Crippen MR) is 145 cm³/mol. The molecule has 38 heavy (non-hydrogen) atoms. The molecule has 0 saturated heterocycles. The van der Waals surface area contributed by atoms with E-state index in [1.54, 1.807) is 37.3 Å². The lowest BCUT2D eigenvalue weighted by Gasteiger charge is -2.22. The van der Waals surface area contributed by atoms with Gasteiger partial charge in [-0.25, -0.2) is 18.4 Å². The first-order chi connectivity index (χ1) is 18.3. The van der Waals surface area contributed by atoms with Crippen LogP contribution in [0.1, 0.15) is 23.7 Å². The van der Waals surface area contributed by atoms with E-state index in [4.69, 9.17) is 5.11 Å². The number of hydrogen-bond acceptors (Lipinski definition) is 6. The van der Waals surface area contributed by atoms with Crippen LogP contribution in [0.15, 0.2) is 96.2 Å². The van der Waals surface area contributed by atoms with Gasteiger partial charge in [-0.1, -0.05) is 54.5 Å². The standard InChI is InChI=1S/C29H26N4O4S/c1-2-6-22-10-14-24(15-11-22)25-16-12-23(13-17-25)20-33(38(36,37)28-9-3-4-18-30-28)21-26-7-5-8-27(32-26)31-19-29(34)35/h3-5,7-18H,19-21H2,1H3,(H,31,32)(H,34,35). The lowest BCUT2D eigenvalue weighted by atomic mass is 10.0. The molecule has 4 rings (SSSR count). The molecule has 0 atom stereocenters. The number of carboxylic acids is 1. The van der Waals surface area contributed by atoms with E-state index in [1.165, 1.54) is 16.6 Å². The number of hydrogen-bond donors (Lipinski definition) is 2. The molecule has 2 aromatic heterocycles. The highest BCUT2D eigenvalue weighted by atomic mass is 32.2. The molecule has 0 unspecified atom stereocenters. The topological polar surface area (TPSA) is 112 Å². The fourth-order valence-electron chi connectivity index (χ4n) is 3.77. The van der Waals surface area contributed by atoms with Crippen LogP contribution in [0.2, 0.25) is 0 Å². The molecule has 0 bridgehead atoms. The molecule has 0 aliphatic carbocycles. The van der Waals surface area contributed by atoms with Crippen molar-refractivity contribution in [2.45, 2.75) is 25.0 Å². The van der Waals surface area contributed by atoms with E-state index in [9.17, 15) is 13.2 Å². The predicted octanol–water partition coefficient (Wildman–Crippen LogP) is 4.40. The maximum Gasteiger partial charge on any atom is 0.322 e. The van der Waals surface area contributed by atoms with E-state index >= 15 is 0 Å². The highest BCUT2D eigenvalue weighted by Gasteiger charge is 2.26. The minimum atomic E-state index is -3.95. The molecule has 0 radical (unpaired) electrons. The second-order valence-corrected chi connectivity index (χ2v) is 10.2. The molecule has 0 saturated carbocycles. The molecule has 2 aromatic carbocycles. The summed E-state index contributed by atoms with van der Waals surface area (Å²) in [6.45, 7) is 1.57. The van der Waals surface area contributed by atoms with Crippen LogP contribution in [0.4, 0.5) is 5.82 Å². The summed E-state index contributed by atoms with van der Waals surface area (Å²) in [6, 6.07) is 25.4. The van der Waals surface area contributed by atoms with Crippen molar-refractivity contribution in [3.63, 3.8) is 0 Å². The van der Waals surface area contributed by atoms with Gasteiger partial charge in [-0.15, -0.1) is 5.92 Å². The van der Waals surface area contributed by atoms with Gasteiger partial charge in [0.2, 0.25) is 0 Å². The number of aliphatic carboxylic acids is 1. The van der Waals surface area contributed by atoms with Crippen molar-refractivity contribution in [1.82, 2.24) is 14.3 Å². The summed E-state index contributed by atoms with van der Waals surface area (Å²) in [6.07, 6.45) is 1.44. The monoisotopic (exact) mass is 526 g/mol. The average molecular weight is 527 g/mol. The molecule has 192 valence electrons. The van der Waals surface area contributed by atoms with Crippen molar-refractivity contribution in [2.75, 3.05) is 11.9 Å². The van der Waals surface area contributed by atoms with Crippen LogP contribution >= 0.6 is 0 Å². The molecule has 0 fully saturated rings. The van der Waals surface area contributed by atoms with E-state index in [0.29, 0.717) is 11.5 Å². The number of nitrogens with zero attached hydrogens (tertiary/aromatic N) is 3. The second kappa shape index (κ2) is 12.1. The molecule has 0 spiro atoms. The fraction of sp³-hybridized carbons (Fsp3) is 0.138. The lowest BCUT2D eigenvalue weighted by molar-refractivity contribution is -0.134. The molecule has 0 amide bonds. The number of carboxylic acid groups (broad SMARTS) is 1. The maximum atomic E-state index is 13.5. The number of anilines is 1. The fourth-order valence-corrected chi connectivity index (χ4v) is 5.10. The first kappa shape index (κ1) is 26.5. The second-order valence-electron chi connectivity index (χ2n) is 8.35. The zero-order valence-electron chi connectivity index (χ0n) is 20.7. The number of pyridine rings is 2. The molecule has 2 N–H and O–H groups in total. The number of nitrogens with one attached hydrogen (secondary N) is 1. The van der Waals surface area contributed by atoms with E-state index in [0.717, 1.165) is 22.3 Å². The van der Waals surface area contributed by atoms with Crippen molar-refractivity contribution >= 4 is 21.8 Å².